The molecule has 4 heterocycles. The lowest BCUT2D eigenvalue weighted by atomic mass is 10.1. The van der Waals surface area contributed by atoms with Crippen LogP contribution in [0.4, 0.5) is 11.4 Å². The van der Waals surface area contributed by atoms with Gasteiger partial charge in [0.1, 0.15) is 13.2 Å². The third kappa shape index (κ3) is 5.48. The number of methoxy groups -OCH3 is 2. The SMILES string of the molecule is COc1cc2c(cc1OCc1cccc(COc3cc4c(cc3OC)C(=O)N3C=C(C)C[C@H]3CN4)c1)NCC1CC(C)=CN1C2=O. The van der Waals surface area contributed by atoms with Gasteiger partial charge in [-0.3, -0.25) is 9.59 Å². The number of rotatable bonds is 8. The van der Waals surface area contributed by atoms with E-state index in [1.807, 2.05) is 58.6 Å². The van der Waals surface area contributed by atoms with E-state index in [0.29, 0.717) is 60.4 Å². The Labute approximate surface area is 268 Å². The van der Waals surface area contributed by atoms with Gasteiger partial charge >= 0.3 is 0 Å². The van der Waals surface area contributed by atoms with Gasteiger partial charge in [0, 0.05) is 37.6 Å². The zero-order valence-corrected chi connectivity index (χ0v) is 26.5. The van der Waals surface area contributed by atoms with Crippen molar-refractivity contribution in [3.63, 3.8) is 0 Å². The van der Waals surface area contributed by atoms with Crippen LogP contribution in [0, 0.1) is 0 Å². The minimum atomic E-state index is -0.0412. The third-order valence-electron chi connectivity index (χ3n) is 8.99. The third-order valence-corrected chi connectivity index (χ3v) is 8.99. The average molecular weight is 623 g/mol. The molecule has 4 aliphatic rings. The van der Waals surface area contributed by atoms with Gasteiger partial charge < -0.3 is 39.4 Å². The zero-order valence-electron chi connectivity index (χ0n) is 26.5. The minimum Gasteiger partial charge on any atom is -0.493 e. The molecular formula is C36H38N4O6. The van der Waals surface area contributed by atoms with Gasteiger partial charge in [-0.2, -0.15) is 0 Å². The first-order valence-electron chi connectivity index (χ1n) is 15.6. The van der Waals surface area contributed by atoms with Crippen molar-refractivity contribution in [3.05, 3.63) is 94.3 Å². The molecule has 0 saturated heterocycles. The Morgan fingerprint density at radius 1 is 0.674 bits per heavy atom. The Morgan fingerprint density at radius 3 is 1.57 bits per heavy atom. The highest BCUT2D eigenvalue weighted by Gasteiger charge is 2.35. The average Bonchev–Trinajstić information content (AvgIpc) is 3.57. The molecule has 10 heteroatoms. The van der Waals surface area contributed by atoms with E-state index in [-0.39, 0.29) is 23.9 Å². The van der Waals surface area contributed by atoms with Crippen molar-refractivity contribution in [1.29, 1.82) is 0 Å². The van der Waals surface area contributed by atoms with Crippen LogP contribution in [0.25, 0.3) is 0 Å². The van der Waals surface area contributed by atoms with E-state index in [1.54, 1.807) is 26.4 Å². The second-order valence-electron chi connectivity index (χ2n) is 12.3. The molecule has 46 heavy (non-hydrogen) atoms. The van der Waals surface area contributed by atoms with Gasteiger partial charge in [0.05, 0.1) is 48.8 Å². The highest BCUT2D eigenvalue weighted by molar-refractivity contribution is 6.03. The zero-order chi connectivity index (χ0) is 31.9. The quantitative estimate of drug-likeness (QED) is 0.318. The fraction of sp³-hybridized carbons (Fsp3) is 0.333. The summed E-state index contributed by atoms with van der Waals surface area (Å²) in [5, 5.41) is 6.88. The number of ether oxygens (including phenoxy) is 4. The minimum absolute atomic E-state index is 0.0412. The summed E-state index contributed by atoms with van der Waals surface area (Å²) < 4.78 is 23.7. The molecule has 238 valence electrons. The number of amides is 2. The van der Waals surface area contributed by atoms with E-state index in [2.05, 4.69) is 24.5 Å². The summed E-state index contributed by atoms with van der Waals surface area (Å²) in [4.78, 5) is 30.3. The Hall–Kier alpha value is -5.12. The fourth-order valence-electron chi connectivity index (χ4n) is 6.70. The number of carbonyl (C=O) groups is 2. The number of nitrogens with zero attached hydrogens (tertiary/aromatic N) is 2. The van der Waals surface area contributed by atoms with Crippen molar-refractivity contribution >= 4 is 23.2 Å². The van der Waals surface area contributed by atoms with Gasteiger partial charge in [0.15, 0.2) is 23.0 Å². The molecule has 3 aromatic carbocycles. The first kappa shape index (κ1) is 29.6. The maximum absolute atomic E-state index is 13.3. The molecule has 2 amide bonds. The summed E-state index contributed by atoms with van der Waals surface area (Å²) in [5.74, 6) is 2.03. The van der Waals surface area contributed by atoms with Gasteiger partial charge in [0.25, 0.3) is 11.8 Å². The molecular weight excluding hydrogens is 584 g/mol. The number of anilines is 2. The predicted molar refractivity (Wildman–Crippen MR) is 175 cm³/mol. The number of fused-ring (bicyclic) bond motifs is 4. The normalized spacial score (nSPS) is 19.7. The monoisotopic (exact) mass is 622 g/mol. The molecule has 1 unspecified atom stereocenters. The van der Waals surface area contributed by atoms with Crippen molar-refractivity contribution in [3.8, 4) is 23.0 Å². The summed E-state index contributed by atoms with van der Waals surface area (Å²) in [6, 6.07) is 15.4. The second kappa shape index (κ2) is 12.0. The Kier molecular flexibility index (Phi) is 7.72. The molecule has 0 spiro atoms. The van der Waals surface area contributed by atoms with E-state index in [9.17, 15) is 9.59 Å². The van der Waals surface area contributed by atoms with Crippen LogP contribution in [0.5, 0.6) is 23.0 Å². The summed E-state index contributed by atoms with van der Waals surface area (Å²) in [6.45, 7) is 6.03. The van der Waals surface area contributed by atoms with Crippen LogP contribution in [0.1, 0.15) is 58.5 Å². The van der Waals surface area contributed by atoms with E-state index < -0.39 is 0 Å². The fourth-order valence-corrected chi connectivity index (χ4v) is 6.70. The van der Waals surface area contributed by atoms with E-state index in [0.717, 1.165) is 35.3 Å². The van der Waals surface area contributed by atoms with E-state index >= 15 is 0 Å². The molecule has 7 rings (SSSR count). The lowest BCUT2D eigenvalue weighted by molar-refractivity contribution is 0.0788. The lowest BCUT2D eigenvalue weighted by Crippen LogP contribution is -2.34. The van der Waals surface area contributed by atoms with Crippen LogP contribution in [0.15, 0.2) is 72.1 Å². The standard InChI is InChI=1S/C36H38N4O6/c1-21-8-25-15-37-29-13-33(31(43-3)11-27(29)35(41)39(25)17-21)45-19-23-6-5-7-24(10-23)20-46-34-14-30-28(12-32(34)44-4)36(42)40-18-22(2)9-26(40)16-38-30/h5-7,10-14,17-18,25-26,37-38H,8-9,15-16,19-20H2,1-4H3/t25-,26?/m0/s1. The van der Waals surface area contributed by atoms with Crippen molar-refractivity contribution < 1.29 is 28.5 Å². The summed E-state index contributed by atoms with van der Waals surface area (Å²) >= 11 is 0. The molecule has 0 radical (unpaired) electrons. The molecule has 0 aromatic heterocycles. The van der Waals surface area contributed by atoms with Crippen LogP contribution in [0.3, 0.4) is 0 Å². The molecule has 2 atom stereocenters. The van der Waals surface area contributed by atoms with E-state index in [1.165, 1.54) is 11.1 Å². The van der Waals surface area contributed by atoms with E-state index in [4.69, 9.17) is 18.9 Å². The summed E-state index contributed by atoms with van der Waals surface area (Å²) in [7, 11) is 3.15. The molecule has 0 fully saturated rings. The Bertz CT molecular complexity index is 1660. The number of hydrogen-bond donors (Lipinski definition) is 2. The van der Waals surface area contributed by atoms with Crippen molar-refractivity contribution in [2.45, 2.75) is 52.0 Å². The predicted octanol–water partition coefficient (Wildman–Crippen LogP) is 5.95. The maximum Gasteiger partial charge on any atom is 0.260 e. The highest BCUT2D eigenvalue weighted by Crippen LogP contribution is 2.39. The smallest absolute Gasteiger partial charge is 0.260 e. The van der Waals surface area contributed by atoms with Gasteiger partial charge in [0.2, 0.25) is 0 Å². The van der Waals surface area contributed by atoms with Crippen molar-refractivity contribution in [1.82, 2.24) is 9.80 Å². The Balaban J connectivity index is 1.04. The van der Waals surface area contributed by atoms with Gasteiger partial charge in [-0.15, -0.1) is 0 Å². The Morgan fingerprint density at radius 2 is 1.13 bits per heavy atom. The molecule has 2 N–H and O–H groups in total. The van der Waals surface area contributed by atoms with Gasteiger partial charge in [-0.05, 0) is 56.0 Å². The number of nitrogens with one attached hydrogen (secondary N) is 2. The first-order chi connectivity index (χ1) is 22.3. The summed E-state index contributed by atoms with van der Waals surface area (Å²) in [5.41, 5.74) is 6.91. The molecule has 4 aliphatic heterocycles. The van der Waals surface area contributed by atoms with Gasteiger partial charge in [-0.1, -0.05) is 29.3 Å². The van der Waals surface area contributed by atoms with Crippen molar-refractivity contribution in [2.24, 2.45) is 0 Å². The number of hydrogen-bond acceptors (Lipinski definition) is 8. The molecule has 3 aromatic rings. The van der Waals surface area contributed by atoms with Crippen LogP contribution >= 0.6 is 0 Å². The molecule has 0 saturated carbocycles. The summed E-state index contributed by atoms with van der Waals surface area (Å²) in [6.07, 6.45) is 5.61. The van der Waals surface area contributed by atoms with Crippen molar-refractivity contribution in [2.75, 3.05) is 37.9 Å². The van der Waals surface area contributed by atoms with Crippen LogP contribution in [-0.4, -0.2) is 61.0 Å². The van der Waals surface area contributed by atoms with Crippen LogP contribution in [0.2, 0.25) is 0 Å². The first-order valence-corrected chi connectivity index (χ1v) is 15.6. The number of benzene rings is 3. The topological polar surface area (TPSA) is 102 Å². The molecule has 0 bridgehead atoms. The highest BCUT2D eigenvalue weighted by atomic mass is 16.5. The van der Waals surface area contributed by atoms with Crippen LogP contribution in [-0.2, 0) is 13.2 Å². The largest absolute Gasteiger partial charge is 0.493 e. The molecule has 0 aliphatic carbocycles. The van der Waals surface area contributed by atoms with Crippen LogP contribution < -0.4 is 29.6 Å². The number of carbonyl (C=O) groups excluding carboxylic acids is 2. The second-order valence-corrected chi connectivity index (χ2v) is 12.3. The molecule has 10 nitrogen and oxygen atoms in total. The lowest BCUT2D eigenvalue weighted by Gasteiger charge is -2.20. The maximum atomic E-state index is 13.3. The van der Waals surface area contributed by atoms with Gasteiger partial charge in [-0.25, -0.2) is 0 Å².